The number of hydrogen-bond acceptors (Lipinski definition) is 6. The van der Waals surface area contributed by atoms with Gasteiger partial charge in [0, 0.05) is 21.9 Å². The summed E-state index contributed by atoms with van der Waals surface area (Å²) in [4.78, 5) is 8.70. The molecule has 26 heavy (non-hydrogen) atoms. The zero-order chi connectivity index (χ0) is 18.7. The molecule has 0 unspecified atom stereocenters. The van der Waals surface area contributed by atoms with E-state index in [2.05, 4.69) is 42.6 Å². The Labute approximate surface area is 160 Å². The lowest BCUT2D eigenvalue weighted by atomic mass is 10.1. The van der Waals surface area contributed by atoms with Gasteiger partial charge in [0.1, 0.15) is 11.6 Å². The average molecular weight is 409 g/mol. The molecule has 4 N–H and O–H groups in total. The van der Waals surface area contributed by atoms with E-state index in [0.717, 1.165) is 27.0 Å². The van der Waals surface area contributed by atoms with Crippen LogP contribution in [0.5, 0.6) is 0 Å². The lowest BCUT2D eigenvalue weighted by molar-refractivity contribution is 1.17. The summed E-state index contributed by atoms with van der Waals surface area (Å²) in [5.41, 5.74) is 10.5. The monoisotopic (exact) mass is 408 g/mol. The number of aromatic nitrogens is 2. The minimum atomic E-state index is 0.353. The molecule has 2 aromatic carbocycles. The van der Waals surface area contributed by atoms with Gasteiger partial charge in [-0.05, 0) is 61.4 Å². The number of hydrogen-bond donors (Lipinski definition) is 3. The molecule has 7 heteroatoms. The lowest BCUT2D eigenvalue weighted by Crippen LogP contribution is -2.05. The Kier molecular flexibility index (Phi) is 5.05. The van der Waals surface area contributed by atoms with Gasteiger partial charge in [-0.25, -0.2) is 0 Å². The molecule has 0 fully saturated rings. The molecule has 6 nitrogen and oxygen atoms in total. The van der Waals surface area contributed by atoms with Gasteiger partial charge in [0.2, 0.25) is 5.95 Å². The first-order valence-electron chi connectivity index (χ1n) is 7.90. The third kappa shape index (κ3) is 4.10. The summed E-state index contributed by atoms with van der Waals surface area (Å²) in [6.07, 6.45) is 0. The van der Waals surface area contributed by atoms with Crippen LogP contribution < -0.4 is 16.4 Å². The highest BCUT2D eigenvalue weighted by molar-refractivity contribution is 9.10. The van der Waals surface area contributed by atoms with Gasteiger partial charge in [-0.1, -0.05) is 15.9 Å². The normalized spacial score (nSPS) is 10.2. The van der Waals surface area contributed by atoms with Crippen molar-refractivity contribution < 1.29 is 0 Å². The predicted molar refractivity (Wildman–Crippen MR) is 108 cm³/mol. The number of nitrogens with two attached hydrogens (primary N) is 1. The Morgan fingerprint density at radius 1 is 1.00 bits per heavy atom. The van der Waals surface area contributed by atoms with Gasteiger partial charge in [-0.15, -0.1) is 0 Å². The van der Waals surface area contributed by atoms with Gasteiger partial charge in [0.15, 0.2) is 0 Å². The first-order valence-corrected chi connectivity index (χ1v) is 8.69. The zero-order valence-electron chi connectivity index (χ0n) is 14.3. The third-order valence-electron chi connectivity index (χ3n) is 3.77. The maximum atomic E-state index is 8.87. The Morgan fingerprint density at radius 2 is 1.65 bits per heavy atom. The van der Waals surface area contributed by atoms with Crippen LogP contribution in [-0.2, 0) is 0 Å². The summed E-state index contributed by atoms with van der Waals surface area (Å²) in [5.74, 6) is 1.33. The molecule has 0 atom stereocenters. The molecule has 3 rings (SSSR count). The highest BCUT2D eigenvalue weighted by Gasteiger charge is 2.08. The number of benzene rings is 2. The summed E-state index contributed by atoms with van der Waals surface area (Å²) < 4.78 is 1.03. The second-order valence-electron chi connectivity index (χ2n) is 5.86. The second-order valence-corrected chi connectivity index (χ2v) is 6.77. The molecule has 0 saturated heterocycles. The van der Waals surface area contributed by atoms with E-state index < -0.39 is 0 Å². The Balaban J connectivity index is 1.87. The minimum Gasteiger partial charge on any atom is -0.383 e. The van der Waals surface area contributed by atoms with Crippen molar-refractivity contribution in [3.63, 3.8) is 0 Å². The number of nitrogen functional groups attached to an aromatic ring is 1. The van der Waals surface area contributed by atoms with Crippen LogP contribution in [0.15, 0.2) is 46.9 Å². The smallest absolute Gasteiger partial charge is 0.231 e. The van der Waals surface area contributed by atoms with Crippen LogP contribution in [0, 0.1) is 25.2 Å². The number of aryl methyl sites for hydroxylation is 2. The van der Waals surface area contributed by atoms with E-state index in [1.54, 1.807) is 30.3 Å². The maximum Gasteiger partial charge on any atom is 0.231 e. The van der Waals surface area contributed by atoms with Crippen LogP contribution in [0.2, 0.25) is 0 Å². The second kappa shape index (κ2) is 7.42. The van der Waals surface area contributed by atoms with Crippen LogP contribution in [0.4, 0.5) is 29.0 Å². The van der Waals surface area contributed by atoms with Crippen molar-refractivity contribution in [2.45, 2.75) is 13.8 Å². The first kappa shape index (κ1) is 17.7. The summed E-state index contributed by atoms with van der Waals surface area (Å²) >= 11 is 3.50. The van der Waals surface area contributed by atoms with Crippen molar-refractivity contribution in [2.75, 3.05) is 16.4 Å². The summed E-state index contributed by atoms with van der Waals surface area (Å²) in [7, 11) is 0. The van der Waals surface area contributed by atoms with Crippen LogP contribution in [-0.4, -0.2) is 9.97 Å². The van der Waals surface area contributed by atoms with E-state index in [-0.39, 0.29) is 0 Å². The molecule has 0 aliphatic rings. The fourth-order valence-corrected chi connectivity index (χ4v) is 3.27. The molecule has 0 aliphatic heterocycles. The van der Waals surface area contributed by atoms with Gasteiger partial charge in [-0.3, -0.25) is 0 Å². The standard InChI is InChI=1S/C19H17BrN6/c1-11-7-14(20)8-12(2)18(11)25-17-9-16(22)24-19(26-17)23-15-5-3-13(10-21)4-6-15/h3-9H,1-2H3,(H4,22,23,24,25,26). The number of anilines is 5. The number of rotatable bonds is 4. The molecule has 0 saturated carbocycles. The Morgan fingerprint density at radius 3 is 2.27 bits per heavy atom. The van der Waals surface area contributed by atoms with Crippen LogP contribution >= 0.6 is 15.9 Å². The van der Waals surface area contributed by atoms with Gasteiger partial charge < -0.3 is 16.4 Å². The van der Waals surface area contributed by atoms with Crippen molar-refractivity contribution in [3.05, 3.63) is 63.6 Å². The molecular formula is C19H17BrN6. The molecule has 0 aliphatic carbocycles. The van der Waals surface area contributed by atoms with Crippen LogP contribution in [0.25, 0.3) is 0 Å². The lowest BCUT2D eigenvalue weighted by Gasteiger charge is -2.14. The van der Waals surface area contributed by atoms with E-state index in [4.69, 9.17) is 11.0 Å². The van der Waals surface area contributed by atoms with Crippen LogP contribution in [0.3, 0.4) is 0 Å². The van der Waals surface area contributed by atoms with E-state index >= 15 is 0 Å². The number of halogens is 1. The Hall–Kier alpha value is -3.11. The largest absolute Gasteiger partial charge is 0.383 e. The molecule has 0 bridgehead atoms. The third-order valence-corrected chi connectivity index (χ3v) is 4.22. The van der Waals surface area contributed by atoms with Gasteiger partial charge >= 0.3 is 0 Å². The number of nitrogens with one attached hydrogen (secondary N) is 2. The molecule has 3 aromatic rings. The molecule has 0 amide bonds. The zero-order valence-corrected chi connectivity index (χ0v) is 15.9. The molecule has 0 radical (unpaired) electrons. The van der Waals surface area contributed by atoms with E-state index in [1.165, 1.54) is 0 Å². The van der Waals surface area contributed by atoms with Crippen molar-refractivity contribution in [1.82, 2.24) is 9.97 Å². The highest BCUT2D eigenvalue weighted by Crippen LogP contribution is 2.28. The fourth-order valence-electron chi connectivity index (χ4n) is 2.58. The van der Waals surface area contributed by atoms with Crippen molar-refractivity contribution in [3.8, 4) is 6.07 Å². The quantitative estimate of drug-likeness (QED) is 0.573. The van der Waals surface area contributed by atoms with E-state index in [9.17, 15) is 0 Å². The summed E-state index contributed by atoms with van der Waals surface area (Å²) in [5, 5.41) is 15.3. The van der Waals surface area contributed by atoms with Gasteiger partial charge in [0.05, 0.1) is 11.6 Å². The van der Waals surface area contributed by atoms with Crippen molar-refractivity contribution in [1.29, 1.82) is 5.26 Å². The van der Waals surface area contributed by atoms with Crippen molar-refractivity contribution >= 4 is 44.9 Å². The molecule has 1 aromatic heterocycles. The predicted octanol–water partition coefficient (Wildman–Crippen LogP) is 4.80. The minimum absolute atomic E-state index is 0.353. The van der Waals surface area contributed by atoms with Crippen molar-refractivity contribution in [2.24, 2.45) is 0 Å². The Bertz CT molecular complexity index is 969. The van der Waals surface area contributed by atoms with Gasteiger partial charge in [-0.2, -0.15) is 15.2 Å². The highest BCUT2D eigenvalue weighted by atomic mass is 79.9. The molecular weight excluding hydrogens is 392 g/mol. The van der Waals surface area contributed by atoms with E-state index in [1.807, 2.05) is 26.0 Å². The molecule has 0 spiro atoms. The SMILES string of the molecule is Cc1cc(Br)cc(C)c1Nc1cc(N)nc(Nc2ccc(C#N)cc2)n1. The first-order chi connectivity index (χ1) is 12.4. The summed E-state index contributed by atoms with van der Waals surface area (Å²) in [6, 6.07) is 14.9. The van der Waals surface area contributed by atoms with Crippen LogP contribution in [0.1, 0.15) is 16.7 Å². The topological polar surface area (TPSA) is 99.6 Å². The fraction of sp³-hybridized carbons (Fsp3) is 0.105. The maximum absolute atomic E-state index is 8.87. The molecule has 1 heterocycles. The van der Waals surface area contributed by atoms with Gasteiger partial charge in [0.25, 0.3) is 0 Å². The number of nitrogens with zero attached hydrogens (tertiary/aromatic N) is 3. The number of nitriles is 1. The average Bonchev–Trinajstić information content (AvgIpc) is 2.58. The summed E-state index contributed by atoms with van der Waals surface area (Å²) in [6.45, 7) is 4.06. The van der Waals surface area contributed by atoms with E-state index in [0.29, 0.717) is 23.1 Å². The molecule has 130 valence electrons.